The minimum absolute atomic E-state index is 0.0559. The first-order chi connectivity index (χ1) is 22.8. The molecule has 1 aromatic carbocycles. The second kappa shape index (κ2) is 12.6. The van der Waals surface area contributed by atoms with Crippen molar-refractivity contribution in [2.75, 3.05) is 20.2 Å². The van der Waals surface area contributed by atoms with Gasteiger partial charge in [0.15, 0.2) is 0 Å². The Labute approximate surface area is 289 Å². The Balaban J connectivity index is 1.13. The van der Waals surface area contributed by atoms with E-state index in [0.29, 0.717) is 13.1 Å². The van der Waals surface area contributed by atoms with Crippen LogP contribution in [0, 0.1) is 5.92 Å². The summed E-state index contributed by atoms with van der Waals surface area (Å²) in [5.74, 6) is -0.135. The molecule has 2 aromatic rings. The number of methoxy groups -OCH3 is 1. The SMILES string of the molecule is COC(=O)NC(C(=O)N1CCCC1C1N=C(c2ccc(-c3sc(B4OC(C)(C)C(C)(C)O4)c4c3C3(CCCC3)CC4)cc2)CN1)C(C)C. The lowest BCUT2D eigenvalue weighted by Crippen LogP contribution is -2.55. The average Bonchev–Trinajstić information content (AvgIpc) is 3.90. The predicted octanol–water partition coefficient (Wildman–Crippen LogP) is 5.56. The Bertz CT molecular complexity index is 1580. The molecule has 258 valence electrons. The predicted molar refractivity (Wildman–Crippen MR) is 191 cm³/mol. The molecule has 3 aliphatic heterocycles. The van der Waals surface area contributed by atoms with E-state index >= 15 is 0 Å². The number of amides is 2. The maximum atomic E-state index is 13.6. The van der Waals surface area contributed by atoms with Gasteiger partial charge in [-0.25, -0.2) is 4.79 Å². The van der Waals surface area contributed by atoms with Crippen molar-refractivity contribution in [2.24, 2.45) is 10.9 Å². The van der Waals surface area contributed by atoms with E-state index in [2.05, 4.69) is 62.6 Å². The Morgan fingerprint density at radius 1 is 1.04 bits per heavy atom. The molecule has 2 N–H and O–H groups in total. The van der Waals surface area contributed by atoms with Crippen LogP contribution < -0.4 is 15.4 Å². The summed E-state index contributed by atoms with van der Waals surface area (Å²) in [6, 6.07) is 8.26. The molecular formula is C37H51BN4O5S. The van der Waals surface area contributed by atoms with E-state index in [1.807, 2.05) is 30.1 Å². The van der Waals surface area contributed by atoms with Gasteiger partial charge >= 0.3 is 13.2 Å². The van der Waals surface area contributed by atoms with Gasteiger partial charge in [-0.05, 0) is 99.8 Å². The molecule has 5 aliphatic rings. The number of likely N-dealkylation sites (tertiary alicyclic amines) is 1. The topological polar surface area (TPSA) is 101 Å². The molecule has 48 heavy (non-hydrogen) atoms. The van der Waals surface area contributed by atoms with Gasteiger partial charge in [0.2, 0.25) is 5.91 Å². The lowest BCUT2D eigenvalue weighted by Gasteiger charge is -2.32. The third-order valence-corrected chi connectivity index (χ3v) is 13.3. The van der Waals surface area contributed by atoms with Crippen molar-refractivity contribution >= 4 is 40.9 Å². The number of nitrogens with one attached hydrogen (secondary N) is 2. The number of thiophene rings is 1. The van der Waals surface area contributed by atoms with Crippen LogP contribution in [0.5, 0.6) is 0 Å². The highest BCUT2D eigenvalue weighted by atomic mass is 32.1. The molecule has 1 aromatic heterocycles. The average molecular weight is 675 g/mol. The van der Waals surface area contributed by atoms with Crippen LogP contribution in [0.2, 0.25) is 0 Å². The molecule has 7 rings (SSSR count). The smallest absolute Gasteiger partial charge is 0.453 e. The molecule has 2 amide bonds. The Morgan fingerprint density at radius 2 is 1.71 bits per heavy atom. The van der Waals surface area contributed by atoms with Crippen molar-refractivity contribution in [1.82, 2.24) is 15.5 Å². The monoisotopic (exact) mass is 674 g/mol. The molecule has 1 spiro atoms. The molecule has 1 saturated carbocycles. The van der Waals surface area contributed by atoms with Crippen LogP contribution in [0.4, 0.5) is 4.79 Å². The Kier molecular flexibility index (Phi) is 8.83. The standard InChI is InChI=1S/C37H51BN4O5S/c1-22(2)29(41-34(44)45-7)33(43)42-20-10-11-27(42)32-39-21-26(40-32)23-12-14-24(15-13-23)30-28-25(16-19-37(28)17-8-9-18-37)31(48-30)38-46-35(3,4)36(5,6)47-38/h12-15,22,27,29,32,39H,8-11,16-21H2,1-7H3,(H,41,44). The van der Waals surface area contributed by atoms with E-state index in [1.165, 1.54) is 60.0 Å². The largest absolute Gasteiger partial charge is 0.505 e. The van der Waals surface area contributed by atoms with Gasteiger partial charge in [-0.3, -0.25) is 15.1 Å². The summed E-state index contributed by atoms with van der Waals surface area (Å²) < 4.78 is 19.3. The number of hydrogen-bond donors (Lipinski definition) is 2. The van der Waals surface area contributed by atoms with Gasteiger partial charge < -0.3 is 24.3 Å². The van der Waals surface area contributed by atoms with Gasteiger partial charge in [-0.15, -0.1) is 11.3 Å². The summed E-state index contributed by atoms with van der Waals surface area (Å²) >= 11 is 1.88. The summed E-state index contributed by atoms with van der Waals surface area (Å²) in [7, 11) is 0.988. The highest BCUT2D eigenvalue weighted by Gasteiger charge is 2.55. The number of carbonyl (C=O) groups is 2. The molecule has 9 nitrogen and oxygen atoms in total. The molecule has 2 saturated heterocycles. The van der Waals surface area contributed by atoms with Gasteiger partial charge in [-0.1, -0.05) is 51.0 Å². The first kappa shape index (κ1) is 33.8. The van der Waals surface area contributed by atoms with E-state index in [1.54, 1.807) is 5.56 Å². The molecular weight excluding hydrogens is 623 g/mol. The number of ether oxygens (including phenoxy) is 1. The van der Waals surface area contributed by atoms with Crippen LogP contribution >= 0.6 is 11.3 Å². The third kappa shape index (κ3) is 5.72. The van der Waals surface area contributed by atoms with E-state index in [4.69, 9.17) is 19.0 Å². The molecule has 0 radical (unpaired) electrons. The Hall–Kier alpha value is -2.73. The number of fused-ring (bicyclic) bond motifs is 2. The zero-order valence-electron chi connectivity index (χ0n) is 29.6. The highest BCUT2D eigenvalue weighted by Crippen LogP contribution is 2.55. The van der Waals surface area contributed by atoms with Gasteiger partial charge in [-0.2, -0.15) is 0 Å². The fourth-order valence-electron chi connectivity index (χ4n) is 8.62. The summed E-state index contributed by atoms with van der Waals surface area (Å²) in [4.78, 5) is 34.0. The number of nitrogens with zero attached hydrogens (tertiary/aromatic N) is 2. The second-order valence-corrected chi connectivity index (χ2v) is 16.9. The third-order valence-electron chi connectivity index (χ3n) is 12.0. The number of hydrogen-bond acceptors (Lipinski definition) is 8. The van der Waals surface area contributed by atoms with Gasteiger partial charge in [0.25, 0.3) is 0 Å². The molecule has 11 heteroatoms. The van der Waals surface area contributed by atoms with E-state index in [9.17, 15) is 9.59 Å². The van der Waals surface area contributed by atoms with Crippen LogP contribution in [-0.2, 0) is 30.7 Å². The quantitative estimate of drug-likeness (QED) is 0.373. The summed E-state index contributed by atoms with van der Waals surface area (Å²) in [5.41, 5.74) is 5.95. The zero-order chi connectivity index (χ0) is 34.0. The second-order valence-electron chi connectivity index (χ2n) is 15.8. The molecule has 3 fully saturated rings. The van der Waals surface area contributed by atoms with Crippen molar-refractivity contribution in [3.63, 3.8) is 0 Å². The molecule has 3 unspecified atom stereocenters. The summed E-state index contributed by atoms with van der Waals surface area (Å²) in [6.07, 6.45) is 8.50. The van der Waals surface area contributed by atoms with E-state index in [-0.39, 0.29) is 47.8 Å². The van der Waals surface area contributed by atoms with Crippen molar-refractivity contribution in [3.05, 3.63) is 41.0 Å². The van der Waals surface area contributed by atoms with Crippen molar-refractivity contribution < 1.29 is 23.6 Å². The number of aliphatic imine (C=N–C) groups is 1. The van der Waals surface area contributed by atoms with Crippen LogP contribution in [0.25, 0.3) is 10.4 Å². The minimum Gasteiger partial charge on any atom is -0.453 e. The maximum Gasteiger partial charge on any atom is 0.505 e. The first-order valence-corrected chi connectivity index (χ1v) is 18.7. The van der Waals surface area contributed by atoms with Crippen molar-refractivity contribution in [1.29, 1.82) is 0 Å². The fourth-order valence-corrected chi connectivity index (χ4v) is 10.1. The molecule has 3 atom stereocenters. The van der Waals surface area contributed by atoms with Crippen LogP contribution in [-0.4, -0.2) is 79.4 Å². The zero-order valence-corrected chi connectivity index (χ0v) is 30.4. The van der Waals surface area contributed by atoms with Gasteiger partial charge in [0.05, 0.1) is 30.1 Å². The molecule has 2 aliphatic carbocycles. The number of alkyl carbamates (subject to hydrolysis) is 1. The normalized spacial score (nSPS) is 26.0. The molecule has 0 bridgehead atoms. The fraction of sp³-hybridized carbons (Fsp3) is 0.649. The minimum atomic E-state index is -0.636. The maximum absolute atomic E-state index is 13.6. The first-order valence-electron chi connectivity index (χ1n) is 17.9. The van der Waals surface area contributed by atoms with E-state index < -0.39 is 12.1 Å². The Morgan fingerprint density at radius 3 is 2.35 bits per heavy atom. The lowest BCUT2D eigenvalue weighted by molar-refractivity contribution is -0.135. The summed E-state index contributed by atoms with van der Waals surface area (Å²) in [5, 5.41) is 6.32. The van der Waals surface area contributed by atoms with Gasteiger partial charge in [0.1, 0.15) is 12.2 Å². The van der Waals surface area contributed by atoms with Crippen LogP contribution in [0.15, 0.2) is 29.3 Å². The highest BCUT2D eigenvalue weighted by molar-refractivity contribution is 7.25. The lowest BCUT2D eigenvalue weighted by atomic mass is 9.78. The number of carbonyl (C=O) groups excluding carboxylic acids is 2. The van der Waals surface area contributed by atoms with E-state index in [0.717, 1.165) is 30.5 Å². The van der Waals surface area contributed by atoms with Crippen molar-refractivity contribution in [2.45, 2.75) is 128 Å². The van der Waals surface area contributed by atoms with Crippen molar-refractivity contribution in [3.8, 4) is 10.4 Å². The number of rotatable bonds is 7. The molecule has 4 heterocycles. The van der Waals surface area contributed by atoms with Gasteiger partial charge in [0, 0.05) is 22.7 Å². The van der Waals surface area contributed by atoms with Crippen LogP contribution in [0.3, 0.4) is 0 Å². The number of benzene rings is 1. The summed E-state index contributed by atoms with van der Waals surface area (Å²) in [6.45, 7) is 13.7. The van der Waals surface area contributed by atoms with Crippen LogP contribution in [0.1, 0.15) is 103 Å².